The summed E-state index contributed by atoms with van der Waals surface area (Å²) in [6.07, 6.45) is 57.2. The van der Waals surface area contributed by atoms with Crippen LogP contribution < -0.4 is 0 Å². The molecule has 1 atom stereocenters. The van der Waals surface area contributed by atoms with Crippen molar-refractivity contribution in [3.63, 3.8) is 0 Å². The van der Waals surface area contributed by atoms with Crippen LogP contribution >= 0.6 is 0 Å². The molecule has 0 saturated carbocycles. The van der Waals surface area contributed by atoms with Gasteiger partial charge < -0.3 is 14.2 Å². The molecule has 1 unspecified atom stereocenters. The van der Waals surface area contributed by atoms with Crippen molar-refractivity contribution < 1.29 is 28.6 Å². The van der Waals surface area contributed by atoms with Crippen molar-refractivity contribution in [1.29, 1.82) is 0 Å². The molecule has 0 fully saturated rings. The third-order valence-electron chi connectivity index (χ3n) is 9.38. The SMILES string of the molecule is CC/C=C\C/C=C\C/C=C\C/C=C\C/C=C\CCCC(=O)OCC(COC(=O)CCCCCCCCC)OC(=O)CCCCCCC/C=C\C/C=C\CCCCC. The number of carbonyl (C=O) groups is 3. The minimum absolute atomic E-state index is 0.101. The third kappa shape index (κ3) is 43.6. The second-order valence-electron chi connectivity index (χ2n) is 14.9. The van der Waals surface area contributed by atoms with E-state index < -0.39 is 6.10 Å². The van der Waals surface area contributed by atoms with Crippen LogP contribution in [0.1, 0.15) is 201 Å². The molecule has 57 heavy (non-hydrogen) atoms. The average Bonchev–Trinajstić information content (AvgIpc) is 3.21. The summed E-state index contributed by atoms with van der Waals surface area (Å²) in [5.41, 5.74) is 0. The zero-order valence-electron chi connectivity index (χ0n) is 36.8. The summed E-state index contributed by atoms with van der Waals surface area (Å²) in [6.45, 7) is 6.37. The first-order chi connectivity index (χ1) is 28.0. The first-order valence-electron chi connectivity index (χ1n) is 23.1. The fraction of sp³-hybridized carbons (Fsp3) is 0.667. The Morgan fingerprint density at radius 1 is 0.368 bits per heavy atom. The quantitative estimate of drug-likeness (QED) is 0.0266. The van der Waals surface area contributed by atoms with E-state index >= 15 is 0 Å². The Morgan fingerprint density at radius 2 is 0.702 bits per heavy atom. The van der Waals surface area contributed by atoms with Crippen LogP contribution in [-0.2, 0) is 28.6 Å². The van der Waals surface area contributed by atoms with Gasteiger partial charge in [0.2, 0.25) is 0 Å². The highest BCUT2D eigenvalue weighted by Gasteiger charge is 2.19. The number of ether oxygens (including phenoxy) is 3. The molecule has 0 radical (unpaired) electrons. The van der Waals surface area contributed by atoms with Gasteiger partial charge in [-0.3, -0.25) is 14.4 Å². The van der Waals surface area contributed by atoms with Gasteiger partial charge in [0, 0.05) is 19.3 Å². The van der Waals surface area contributed by atoms with Crippen molar-refractivity contribution in [3.05, 3.63) is 85.1 Å². The second kappa shape index (κ2) is 45.3. The number of esters is 3. The summed E-state index contributed by atoms with van der Waals surface area (Å²) in [7, 11) is 0. The van der Waals surface area contributed by atoms with E-state index in [1.165, 1.54) is 51.4 Å². The monoisotopic (exact) mass is 793 g/mol. The zero-order chi connectivity index (χ0) is 41.5. The van der Waals surface area contributed by atoms with Crippen LogP contribution in [0.2, 0.25) is 0 Å². The van der Waals surface area contributed by atoms with Gasteiger partial charge in [-0.2, -0.15) is 0 Å². The number of hydrogen-bond acceptors (Lipinski definition) is 6. The van der Waals surface area contributed by atoms with Gasteiger partial charge in [-0.05, 0) is 89.9 Å². The van der Waals surface area contributed by atoms with Gasteiger partial charge in [0.1, 0.15) is 13.2 Å². The van der Waals surface area contributed by atoms with Crippen LogP contribution in [0.4, 0.5) is 0 Å². The minimum Gasteiger partial charge on any atom is -0.462 e. The molecule has 324 valence electrons. The van der Waals surface area contributed by atoms with E-state index in [4.69, 9.17) is 14.2 Å². The summed E-state index contributed by atoms with van der Waals surface area (Å²) in [5, 5.41) is 0. The van der Waals surface area contributed by atoms with E-state index in [0.717, 1.165) is 103 Å². The topological polar surface area (TPSA) is 78.9 Å². The van der Waals surface area contributed by atoms with Crippen molar-refractivity contribution in [3.8, 4) is 0 Å². The number of hydrogen-bond donors (Lipinski definition) is 0. The van der Waals surface area contributed by atoms with Crippen LogP contribution in [0.3, 0.4) is 0 Å². The molecule has 0 aromatic carbocycles. The van der Waals surface area contributed by atoms with Crippen molar-refractivity contribution >= 4 is 17.9 Å². The van der Waals surface area contributed by atoms with Crippen molar-refractivity contribution in [2.75, 3.05) is 13.2 Å². The van der Waals surface area contributed by atoms with Gasteiger partial charge in [0.15, 0.2) is 6.10 Å². The molecule has 0 amide bonds. The Morgan fingerprint density at radius 3 is 1.18 bits per heavy atom. The predicted molar refractivity (Wildman–Crippen MR) is 242 cm³/mol. The highest BCUT2D eigenvalue weighted by molar-refractivity contribution is 5.71. The molecule has 0 aromatic heterocycles. The highest BCUT2D eigenvalue weighted by Crippen LogP contribution is 2.12. The number of unbranched alkanes of at least 4 members (excludes halogenated alkanes) is 15. The van der Waals surface area contributed by atoms with E-state index in [9.17, 15) is 14.4 Å². The smallest absolute Gasteiger partial charge is 0.306 e. The molecule has 0 heterocycles. The third-order valence-corrected chi connectivity index (χ3v) is 9.38. The van der Waals surface area contributed by atoms with E-state index in [-0.39, 0.29) is 37.5 Å². The summed E-state index contributed by atoms with van der Waals surface area (Å²) >= 11 is 0. The molecular weight excluding hydrogens is 709 g/mol. The molecule has 0 aliphatic carbocycles. The van der Waals surface area contributed by atoms with E-state index in [1.54, 1.807) is 0 Å². The van der Waals surface area contributed by atoms with Crippen molar-refractivity contribution in [2.24, 2.45) is 0 Å². The second-order valence-corrected chi connectivity index (χ2v) is 14.9. The van der Waals surface area contributed by atoms with Crippen LogP contribution in [0.5, 0.6) is 0 Å². The molecule has 6 nitrogen and oxygen atoms in total. The molecule has 0 saturated heterocycles. The normalized spacial score (nSPS) is 12.8. The fourth-order valence-electron chi connectivity index (χ4n) is 5.92. The number of rotatable bonds is 40. The molecule has 0 rings (SSSR count). The molecule has 6 heteroatoms. The maximum atomic E-state index is 12.7. The fourth-order valence-corrected chi connectivity index (χ4v) is 5.92. The standard InChI is InChI=1S/C51H84O6/c1-4-7-10-13-16-18-20-22-24-25-27-28-30-32-35-38-41-44-50(53)56-47-48(46-55-49(52)43-40-37-34-15-12-9-6-3)57-51(54)45-42-39-36-33-31-29-26-23-21-19-17-14-11-8-5-2/h7,10,16-19,22-24,26-28,32,35,48H,4-6,8-9,11-15,20-21,25,29-31,33-34,36-47H2,1-3H3/b10-7-,18-16-,19-17-,24-22-,26-23-,28-27-,35-32-. The van der Waals surface area contributed by atoms with Gasteiger partial charge >= 0.3 is 17.9 Å². The Bertz CT molecular complexity index is 1140. The first-order valence-corrected chi connectivity index (χ1v) is 23.1. The van der Waals surface area contributed by atoms with Gasteiger partial charge in [0.25, 0.3) is 0 Å². The lowest BCUT2D eigenvalue weighted by atomic mass is 10.1. The molecule has 0 bridgehead atoms. The molecule has 0 spiro atoms. The zero-order valence-corrected chi connectivity index (χ0v) is 36.8. The first kappa shape index (κ1) is 53.6. The summed E-state index contributed by atoms with van der Waals surface area (Å²) in [5.74, 6) is -0.989. The average molecular weight is 793 g/mol. The molecule has 0 aliphatic rings. The Kier molecular flexibility index (Phi) is 42.6. The molecule has 0 aromatic rings. The highest BCUT2D eigenvalue weighted by atomic mass is 16.6. The Hall–Kier alpha value is -3.41. The van der Waals surface area contributed by atoms with Crippen molar-refractivity contribution in [2.45, 2.75) is 207 Å². The van der Waals surface area contributed by atoms with E-state index in [1.807, 2.05) is 0 Å². The summed E-state index contributed by atoms with van der Waals surface area (Å²) in [4.78, 5) is 37.6. The molecule has 0 N–H and O–H groups in total. The van der Waals surface area contributed by atoms with Crippen molar-refractivity contribution in [1.82, 2.24) is 0 Å². The maximum Gasteiger partial charge on any atom is 0.306 e. The van der Waals surface area contributed by atoms with Crippen LogP contribution in [-0.4, -0.2) is 37.2 Å². The molecule has 0 aliphatic heterocycles. The van der Waals surface area contributed by atoms with Gasteiger partial charge in [-0.1, -0.05) is 176 Å². The maximum absolute atomic E-state index is 12.7. The van der Waals surface area contributed by atoms with Crippen LogP contribution in [0.25, 0.3) is 0 Å². The number of carbonyl (C=O) groups excluding carboxylic acids is 3. The Balaban J connectivity index is 4.44. The summed E-state index contributed by atoms with van der Waals surface area (Å²) < 4.78 is 16.6. The summed E-state index contributed by atoms with van der Waals surface area (Å²) in [6, 6.07) is 0. The van der Waals surface area contributed by atoms with Gasteiger partial charge in [-0.15, -0.1) is 0 Å². The number of allylic oxidation sites excluding steroid dienone is 14. The van der Waals surface area contributed by atoms with Crippen LogP contribution in [0.15, 0.2) is 85.1 Å². The Labute approximate surface area is 350 Å². The lowest BCUT2D eigenvalue weighted by Gasteiger charge is -2.18. The lowest BCUT2D eigenvalue weighted by molar-refractivity contribution is -0.167. The van der Waals surface area contributed by atoms with E-state index in [0.29, 0.717) is 19.3 Å². The van der Waals surface area contributed by atoms with Crippen LogP contribution in [0, 0.1) is 0 Å². The van der Waals surface area contributed by atoms with Gasteiger partial charge in [0.05, 0.1) is 0 Å². The minimum atomic E-state index is -0.802. The van der Waals surface area contributed by atoms with Gasteiger partial charge in [-0.25, -0.2) is 0 Å². The largest absolute Gasteiger partial charge is 0.462 e. The lowest BCUT2D eigenvalue weighted by Crippen LogP contribution is -2.30. The molecular formula is C51H84O6. The predicted octanol–water partition coefficient (Wildman–Crippen LogP) is 14.9. The van der Waals surface area contributed by atoms with E-state index in [2.05, 4.69) is 106 Å².